The van der Waals surface area contributed by atoms with Crippen molar-refractivity contribution >= 4 is 23.2 Å². The van der Waals surface area contributed by atoms with E-state index in [1.807, 2.05) is 55.6 Å². The molecule has 0 aliphatic carbocycles. The quantitative estimate of drug-likeness (QED) is 0.890. The zero-order chi connectivity index (χ0) is 15.9. The van der Waals surface area contributed by atoms with Gasteiger partial charge >= 0.3 is 0 Å². The first kappa shape index (κ1) is 16.2. The number of carbonyl (C=O) groups excluding carboxylic acids is 2. The topological polar surface area (TPSA) is 49.4 Å². The van der Waals surface area contributed by atoms with Crippen LogP contribution in [0.25, 0.3) is 0 Å². The van der Waals surface area contributed by atoms with E-state index < -0.39 is 6.04 Å². The van der Waals surface area contributed by atoms with Crippen molar-refractivity contribution < 1.29 is 9.59 Å². The molecule has 0 spiro atoms. The van der Waals surface area contributed by atoms with E-state index >= 15 is 0 Å². The van der Waals surface area contributed by atoms with Crippen LogP contribution in [0, 0.1) is 0 Å². The molecule has 0 saturated carbocycles. The molecule has 1 aromatic heterocycles. The van der Waals surface area contributed by atoms with Crippen LogP contribution < -0.4 is 5.32 Å². The first-order valence-electron chi connectivity index (χ1n) is 7.35. The van der Waals surface area contributed by atoms with Gasteiger partial charge in [0.25, 0.3) is 5.91 Å². The molecule has 5 heteroatoms. The lowest BCUT2D eigenvalue weighted by Crippen LogP contribution is -2.42. The van der Waals surface area contributed by atoms with E-state index in [1.165, 1.54) is 11.3 Å². The number of likely N-dealkylation sites (N-methyl/N-ethyl adjacent to an activating group) is 1. The lowest BCUT2D eigenvalue weighted by atomic mass is 10.1. The minimum atomic E-state index is -0.657. The molecule has 2 rings (SSSR count). The van der Waals surface area contributed by atoms with Crippen LogP contribution in [-0.4, -0.2) is 29.8 Å². The van der Waals surface area contributed by atoms with Gasteiger partial charge in [-0.3, -0.25) is 9.59 Å². The molecule has 2 amide bonds. The second-order valence-corrected chi connectivity index (χ2v) is 5.75. The number of hydrogen-bond donors (Lipinski definition) is 1. The smallest absolute Gasteiger partial charge is 0.262 e. The average Bonchev–Trinajstić information content (AvgIpc) is 3.09. The van der Waals surface area contributed by atoms with Crippen molar-refractivity contribution in [1.82, 2.24) is 10.2 Å². The second kappa shape index (κ2) is 7.75. The molecule has 0 saturated heterocycles. The van der Waals surface area contributed by atoms with Crippen LogP contribution in [0.4, 0.5) is 0 Å². The van der Waals surface area contributed by atoms with Gasteiger partial charge in [0, 0.05) is 13.1 Å². The van der Waals surface area contributed by atoms with Gasteiger partial charge in [-0.15, -0.1) is 11.3 Å². The largest absolute Gasteiger partial charge is 0.341 e. The van der Waals surface area contributed by atoms with Crippen molar-refractivity contribution in [3.05, 3.63) is 58.3 Å². The van der Waals surface area contributed by atoms with Gasteiger partial charge in [0.1, 0.15) is 6.04 Å². The molecule has 0 aliphatic rings. The predicted octanol–water partition coefficient (Wildman–Crippen LogP) is 3.09. The van der Waals surface area contributed by atoms with Gasteiger partial charge in [0.15, 0.2) is 0 Å². The number of thiophene rings is 1. The number of nitrogens with zero attached hydrogens (tertiary/aromatic N) is 1. The third-order valence-corrected chi connectivity index (χ3v) is 4.34. The molecular formula is C17H20N2O2S. The van der Waals surface area contributed by atoms with E-state index in [2.05, 4.69) is 5.32 Å². The maximum Gasteiger partial charge on any atom is 0.262 e. The summed E-state index contributed by atoms with van der Waals surface area (Å²) in [5, 5.41) is 4.71. The highest BCUT2D eigenvalue weighted by Crippen LogP contribution is 2.18. The molecule has 0 fully saturated rings. The van der Waals surface area contributed by atoms with Crippen LogP contribution >= 0.6 is 11.3 Å². The minimum Gasteiger partial charge on any atom is -0.341 e. The summed E-state index contributed by atoms with van der Waals surface area (Å²) >= 11 is 1.36. The zero-order valence-corrected chi connectivity index (χ0v) is 13.6. The van der Waals surface area contributed by atoms with Crippen LogP contribution in [0.2, 0.25) is 0 Å². The van der Waals surface area contributed by atoms with E-state index in [9.17, 15) is 9.59 Å². The highest BCUT2D eigenvalue weighted by molar-refractivity contribution is 7.12. The third kappa shape index (κ3) is 3.74. The van der Waals surface area contributed by atoms with Crippen molar-refractivity contribution in [2.45, 2.75) is 19.9 Å². The van der Waals surface area contributed by atoms with Crippen molar-refractivity contribution in [2.75, 3.05) is 13.1 Å². The lowest BCUT2D eigenvalue weighted by Gasteiger charge is -2.26. The van der Waals surface area contributed by atoms with Crippen LogP contribution in [-0.2, 0) is 4.79 Å². The molecular weight excluding hydrogens is 296 g/mol. The Morgan fingerprint density at radius 3 is 2.32 bits per heavy atom. The van der Waals surface area contributed by atoms with Crippen molar-refractivity contribution in [3.63, 3.8) is 0 Å². The summed E-state index contributed by atoms with van der Waals surface area (Å²) in [5.74, 6) is -0.300. The number of nitrogens with one attached hydrogen (secondary N) is 1. The molecule has 0 radical (unpaired) electrons. The summed E-state index contributed by atoms with van der Waals surface area (Å²) in [6.45, 7) is 5.11. The Bertz CT molecular complexity index is 607. The van der Waals surface area contributed by atoms with E-state index in [-0.39, 0.29) is 11.8 Å². The monoisotopic (exact) mass is 316 g/mol. The molecule has 4 nitrogen and oxygen atoms in total. The fourth-order valence-corrected chi connectivity index (χ4v) is 2.89. The average molecular weight is 316 g/mol. The first-order chi connectivity index (χ1) is 10.7. The molecule has 116 valence electrons. The molecule has 1 aromatic carbocycles. The number of hydrogen-bond acceptors (Lipinski definition) is 3. The number of rotatable bonds is 6. The van der Waals surface area contributed by atoms with Crippen LogP contribution in [0.3, 0.4) is 0 Å². The molecule has 2 aromatic rings. The van der Waals surface area contributed by atoms with Gasteiger partial charge < -0.3 is 10.2 Å². The summed E-state index contributed by atoms with van der Waals surface area (Å²) < 4.78 is 0. The second-order valence-electron chi connectivity index (χ2n) is 4.80. The first-order valence-corrected chi connectivity index (χ1v) is 8.23. The van der Waals surface area contributed by atoms with E-state index in [0.29, 0.717) is 18.0 Å². The molecule has 0 bridgehead atoms. The molecule has 1 atom stereocenters. The van der Waals surface area contributed by atoms with Crippen LogP contribution in [0.15, 0.2) is 47.8 Å². The Balaban J connectivity index is 2.26. The van der Waals surface area contributed by atoms with Crippen molar-refractivity contribution in [1.29, 1.82) is 0 Å². The van der Waals surface area contributed by atoms with Crippen LogP contribution in [0.1, 0.15) is 35.1 Å². The van der Waals surface area contributed by atoms with E-state index in [0.717, 1.165) is 5.56 Å². The molecule has 0 unspecified atom stereocenters. The van der Waals surface area contributed by atoms with Gasteiger partial charge in [-0.05, 0) is 30.9 Å². The Morgan fingerprint density at radius 2 is 1.77 bits per heavy atom. The van der Waals surface area contributed by atoms with Gasteiger partial charge in [0.2, 0.25) is 5.91 Å². The number of amides is 2. The molecule has 1 N–H and O–H groups in total. The van der Waals surface area contributed by atoms with Gasteiger partial charge in [0.05, 0.1) is 4.88 Å². The summed E-state index contributed by atoms with van der Waals surface area (Å²) in [6.07, 6.45) is 0. The number of benzene rings is 1. The van der Waals surface area contributed by atoms with Crippen molar-refractivity contribution in [2.24, 2.45) is 0 Å². The molecule has 1 heterocycles. The lowest BCUT2D eigenvalue weighted by molar-refractivity contribution is -0.133. The SMILES string of the molecule is CCN(CC)C(=O)[C@@H](NC(=O)c1cccs1)c1ccccc1. The molecule has 22 heavy (non-hydrogen) atoms. The molecule has 0 aliphatic heterocycles. The maximum absolute atomic E-state index is 12.7. The van der Waals surface area contributed by atoms with Gasteiger partial charge in [-0.2, -0.15) is 0 Å². The standard InChI is InChI=1S/C17H20N2O2S/c1-3-19(4-2)17(21)15(13-9-6-5-7-10-13)18-16(20)14-11-8-12-22-14/h5-12,15H,3-4H2,1-2H3,(H,18,20)/t15-/m0/s1. The Hall–Kier alpha value is -2.14. The van der Waals surface area contributed by atoms with Gasteiger partial charge in [-0.25, -0.2) is 0 Å². The van der Waals surface area contributed by atoms with E-state index in [1.54, 1.807) is 11.0 Å². The summed E-state index contributed by atoms with van der Waals surface area (Å²) in [5.41, 5.74) is 0.796. The third-order valence-electron chi connectivity index (χ3n) is 3.48. The highest BCUT2D eigenvalue weighted by Gasteiger charge is 2.26. The van der Waals surface area contributed by atoms with Crippen molar-refractivity contribution in [3.8, 4) is 0 Å². The fourth-order valence-electron chi connectivity index (χ4n) is 2.26. The fraction of sp³-hybridized carbons (Fsp3) is 0.294. The van der Waals surface area contributed by atoms with Crippen LogP contribution in [0.5, 0.6) is 0 Å². The summed E-state index contributed by atoms with van der Waals surface area (Å²) in [6, 6.07) is 12.3. The Morgan fingerprint density at radius 1 is 1.09 bits per heavy atom. The summed E-state index contributed by atoms with van der Waals surface area (Å²) in [4.78, 5) is 27.4. The normalized spacial score (nSPS) is 11.7. The Labute approximate surface area is 134 Å². The maximum atomic E-state index is 12.7. The summed E-state index contributed by atoms with van der Waals surface area (Å²) in [7, 11) is 0. The number of carbonyl (C=O) groups is 2. The highest BCUT2D eigenvalue weighted by atomic mass is 32.1. The minimum absolute atomic E-state index is 0.0823. The predicted molar refractivity (Wildman–Crippen MR) is 88.9 cm³/mol. The Kier molecular flexibility index (Phi) is 5.72. The van der Waals surface area contributed by atoms with E-state index in [4.69, 9.17) is 0 Å². The van der Waals surface area contributed by atoms with Gasteiger partial charge in [-0.1, -0.05) is 36.4 Å². The zero-order valence-electron chi connectivity index (χ0n) is 12.8.